The van der Waals surface area contributed by atoms with Crippen molar-refractivity contribution in [3.05, 3.63) is 18.1 Å². The molecule has 1 saturated heterocycles. The molecule has 0 saturated carbocycles. The van der Waals surface area contributed by atoms with Crippen LogP contribution >= 0.6 is 0 Å². The molecule has 1 aromatic heterocycles. The normalized spacial score (nSPS) is 19.8. The quantitative estimate of drug-likeness (QED) is 0.771. The van der Waals surface area contributed by atoms with Crippen molar-refractivity contribution in [1.29, 1.82) is 0 Å². The van der Waals surface area contributed by atoms with Crippen molar-refractivity contribution in [2.45, 2.75) is 19.4 Å². The number of hydrogen-bond donors (Lipinski definition) is 1. The number of nitrogen functional groups attached to an aromatic ring is 1. The highest BCUT2D eigenvalue weighted by molar-refractivity contribution is 5.92. The van der Waals surface area contributed by atoms with E-state index in [9.17, 15) is 4.79 Å². The van der Waals surface area contributed by atoms with Gasteiger partial charge in [-0.3, -0.25) is 14.7 Å². The average Bonchev–Trinajstić information content (AvgIpc) is 2.31. The van der Waals surface area contributed by atoms with Crippen molar-refractivity contribution >= 4 is 11.7 Å². The van der Waals surface area contributed by atoms with Crippen LogP contribution in [-0.4, -0.2) is 57.9 Å². The van der Waals surface area contributed by atoms with Crippen LogP contribution in [0.3, 0.4) is 0 Å². The van der Waals surface area contributed by atoms with E-state index < -0.39 is 0 Å². The van der Waals surface area contributed by atoms with E-state index in [0.29, 0.717) is 18.8 Å². The average molecular weight is 249 g/mol. The summed E-state index contributed by atoms with van der Waals surface area (Å²) in [6.45, 7) is 6.48. The van der Waals surface area contributed by atoms with Gasteiger partial charge in [0.15, 0.2) is 0 Å². The summed E-state index contributed by atoms with van der Waals surface area (Å²) >= 11 is 0. The molecule has 2 heterocycles. The SMILES string of the molecule is CN1CCN(C(=O)c2cncc(N)n2)CC1(C)C. The van der Waals surface area contributed by atoms with Gasteiger partial charge in [-0.25, -0.2) is 4.98 Å². The maximum atomic E-state index is 12.3. The molecular weight excluding hydrogens is 230 g/mol. The second kappa shape index (κ2) is 4.53. The number of likely N-dealkylation sites (N-methyl/N-ethyl adjacent to an activating group) is 1. The summed E-state index contributed by atoms with van der Waals surface area (Å²) in [4.78, 5) is 24.3. The molecule has 0 aromatic carbocycles. The molecule has 98 valence electrons. The first kappa shape index (κ1) is 12.8. The van der Waals surface area contributed by atoms with Crippen LogP contribution in [0.1, 0.15) is 24.3 Å². The number of anilines is 1. The fourth-order valence-electron chi connectivity index (χ4n) is 2.06. The zero-order chi connectivity index (χ0) is 13.3. The number of carbonyl (C=O) groups is 1. The van der Waals surface area contributed by atoms with E-state index in [4.69, 9.17) is 5.73 Å². The van der Waals surface area contributed by atoms with Crippen molar-refractivity contribution in [2.24, 2.45) is 0 Å². The Bertz CT molecular complexity index is 460. The molecule has 0 atom stereocenters. The highest BCUT2D eigenvalue weighted by Gasteiger charge is 2.33. The molecule has 1 aliphatic rings. The molecule has 6 heteroatoms. The van der Waals surface area contributed by atoms with Crippen molar-refractivity contribution < 1.29 is 4.79 Å². The summed E-state index contributed by atoms with van der Waals surface area (Å²) in [7, 11) is 2.07. The number of hydrogen-bond acceptors (Lipinski definition) is 5. The van der Waals surface area contributed by atoms with Gasteiger partial charge in [-0.1, -0.05) is 0 Å². The number of amides is 1. The Hall–Kier alpha value is -1.69. The minimum Gasteiger partial charge on any atom is -0.382 e. The van der Waals surface area contributed by atoms with E-state index >= 15 is 0 Å². The maximum absolute atomic E-state index is 12.3. The van der Waals surface area contributed by atoms with Crippen LogP contribution in [0, 0.1) is 0 Å². The minimum atomic E-state index is -0.101. The smallest absolute Gasteiger partial charge is 0.274 e. The van der Waals surface area contributed by atoms with Crippen LogP contribution < -0.4 is 5.73 Å². The number of nitrogens with zero attached hydrogens (tertiary/aromatic N) is 4. The number of carbonyl (C=O) groups excluding carboxylic acids is 1. The first-order valence-electron chi connectivity index (χ1n) is 5.98. The summed E-state index contributed by atoms with van der Waals surface area (Å²) in [5.41, 5.74) is 5.84. The van der Waals surface area contributed by atoms with E-state index in [-0.39, 0.29) is 17.3 Å². The van der Waals surface area contributed by atoms with Gasteiger partial charge in [0.25, 0.3) is 5.91 Å². The summed E-state index contributed by atoms with van der Waals surface area (Å²) in [6, 6.07) is 0. The van der Waals surface area contributed by atoms with Crippen molar-refractivity contribution in [3.63, 3.8) is 0 Å². The van der Waals surface area contributed by atoms with Crippen LogP contribution in [0.25, 0.3) is 0 Å². The maximum Gasteiger partial charge on any atom is 0.274 e. The lowest BCUT2D eigenvalue weighted by Crippen LogP contribution is -2.58. The lowest BCUT2D eigenvalue weighted by Gasteiger charge is -2.45. The van der Waals surface area contributed by atoms with Gasteiger partial charge in [-0.15, -0.1) is 0 Å². The minimum absolute atomic E-state index is 0.0261. The lowest BCUT2D eigenvalue weighted by atomic mass is 9.99. The third kappa shape index (κ3) is 2.43. The predicted octanol–water partition coefficient (Wildman–Crippen LogP) is 0.225. The molecule has 2 N–H and O–H groups in total. The van der Waals surface area contributed by atoms with E-state index in [2.05, 4.69) is 35.8 Å². The van der Waals surface area contributed by atoms with Gasteiger partial charge >= 0.3 is 0 Å². The number of rotatable bonds is 1. The molecule has 1 fully saturated rings. The molecular formula is C12H19N5O. The molecule has 0 radical (unpaired) electrons. The van der Waals surface area contributed by atoms with Crippen LogP contribution in [-0.2, 0) is 0 Å². The van der Waals surface area contributed by atoms with Crippen molar-refractivity contribution in [3.8, 4) is 0 Å². The molecule has 1 aliphatic heterocycles. The molecule has 0 bridgehead atoms. The zero-order valence-electron chi connectivity index (χ0n) is 11.1. The molecule has 0 aliphatic carbocycles. The van der Waals surface area contributed by atoms with Gasteiger partial charge in [0.2, 0.25) is 0 Å². The fraction of sp³-hybridized carbons (Fsp3) is 0.583. The second-order valence-electron chi connectivity index (χ2n) is 5.29. The van der Waals surface area contributed by atoms with Crippen molar-refractivity contribution in [1.82, 2.24) is 19.8 Å². The summed E-state index contributed by atoms with van der Waals surface area (Å²) in [6.07, 6.45) is 2.90. The Kier molecular flexibility index (Phi) is 3.21. The lowest BCUT2D eigenvalue weighted by molar-refractivity contribution is 0.0307. The molecule has 0 unspecified atom stereocenters. The second-order valence-corrected chi connectivity index (χ2v) is 5.29. The van der Waals surface area contributed by atoms with E-state index in [1.807, 2.05) is 4.90 Å². The summed E-state index contributed by atoms with van der Waals surface area (Å²) in [5, 5.41) is 0. The molecule has 2 rings (SSSR count). The van der Waals surface area contributed by atoms with Gasteiger partial charge < -0.3 is 10.6 Å². The topological polar surface area (TPSA) is 75.3 Å². The van der Waals surface area contributed by atoms with Gasteiger partial charge in [-0.05, 0) is 20.9 Å². The van der Waals surface area contributed by atoms with Gasteiger partial charge in [0.1, 0.15) is 11.5 Å². The summed E-state index contributed by atoms with van der Waals surface area (Å²) in [5.74, 6) is 0.171. The first-order chi connectivity index (χ1) is 8.40. The van der Waals surface area contributed by atoms with Crippen LogP contribution in [0.5, 0.6) is 0 Å². The Morgan fingerprint density at radius 3 is 2.72 bits per heavy atom. The first-order valence-corrected chi connectivity index (χ1v) is 5.98. The van der Waals surface area contributed by atoms with E-state index in [1.54, 1.807) is 0 Å². The molecule has 18 heavy (non-hydrogen) atoms. The highest BCUT2D eigenvalue weighted by Crippen LogP contribution is 2.20. The number of aromatic nitrogens is 2. The number of piperazine rings is 1. The highest BCUT2D eigenvalue weighted by atomic mass is 16.2. The van der Waals surface area contributed by atoms with Crippen molar-refractivity contribution in [2.75, 3.05) is 32.4 Å². The Balaban J connectivity index is 2.15. The largest absolute Gasteiger partial charge is 0.382 e. The molecule has 0 spiro atoms. The van der Waals surface area contributed by atoms with Crippen LogP contribution in [0.2, 0.25) is 0 Å². The van der Waals surface area contributed by atoms with E-state index in [0.717, 1.165) is 6.54 Å². The third-order valence-electron chi connectivity index (χ3n) is 3.48. The van der Waals surface area contributed by atoms with Crippen LogP contribution in [0.15, 0.2) is 12.4 Å². The fourth-order valence-corrected chi connectivity index (χ4v) is 2.06. The molecule has 1 aromatic rings. The zero-order valence-corrected chi connectivity index (χ0v) is 11.1. The molecule has 6 nitrogen and oxygen atoms in total. The van der Waals surface area contributed by atoms with E-state index in [1.165, 1.54) is 12.4 Å². The van der Waals surface area contributed by atoms with Gasteiger partial charge in [0.05, 0.1) is 12.4 Å². The predicted molar refractivity (Wildman–Crippen MR) is 69.1 cm³/mol. The molecule has 1 amide bonds. The van der Waals surface area contributed by atoms with Gasteiger partial charge in [-0.2, -0.15) is 0 Å². The Labute approximate surface area is 107 Å². The third-order valence-corrected chi connectivity index (χ3v) is 3.48. The van der Waals surface area contributed by atoms with Crippen LogP contribution in [0.4, 0.5) is 5.82 Å². The Morgan fingerprint density at radius 2 is 2.11 bits per heavy atom. The monoisotopic (exact) mass is 249 g/mol. The number of nitrogens with two attached hydrogens (primary N) is 1. The standard InChI is InChI=1S/C12H19N5O/c1-12(2)8-17(5-4-16(12)3)11(18)9-6-14-7-10(13)15-9/h6-7H,4-5,8H2,1-3H3,(H2,13,15). The Morgan fingerprint density at radius 1 is 1.39 bits per heavy atom. The summed E-state index contributed by atoms with van der Waals surface area (Å²) < 4.78 is 0. The van der Waals surface area contributed by atoms with Gasteiger partial charge in [0, 0.05) is 25.2 Å².